The maximum absolute atomic E-state index is 12.5. The van der Waals surface area contributed by atoms with Crippen LogP contribution in [0.2, 0.25) is 0 Å². The zero-order chi connectivity index (χ0) is 18.7. The molecule has 4 heterocycles. The number of rotatable bonds is 5. The van der Waals surface area contributed by atoms with Crippen molar-refractivity contribution in [1.29, 1.82) is 0 Å². The van der Waals surface area contributed by atoms with Crippen LogP contribution < -0.4 is 0 Å². The van der Waals surface area contributed by atoms with E-state index in [-0.39, 0.29) is 11.3 Å². The van der Waals surface area contributed by atoms with Crippen LogP contribution in [0.15, 0.2) is 24.4 Å². The molecule has 1 atom stereocenters. The number of amides is 2. The van der Waals surface area contributed by atoms with Crippen molar-refractivity contribution in [2.24, 2.45) is 5.41 Å². The van der Waals surface area contributed by atoms with E-state index in [2.05, 4.69) is 9.88 Å². The maximum Gasteiger partial charge on any atom is 0.222 e. The minimum atomic E-state index is 0.204. The van der Waals surface area contributed by atoms with Crippen LogP contribution in [0, 0.1) is 5.41 Å². The fraction of sp³-hybridized carbons (Fsp3) is 0.667. The number of hydrogen-bond acceptors (Lipinski definition) is 4. The predicted octanol–water partition coefficient (Wildman–Crippen LogP) is 1.91. The summed E-state index contributed by atoms with van der Waals surface area (Å²) in [4.78, 5) is 35.3. The topological polar surface area (TPSA) is 56.8 Å². The molecule has 1 aromatic heterocycles. The van der Waals surface area contributed by atoms with E-state index in [9.17, 15) is 9.59 Å². The number of carbonyl (C=O) groups excluding carboxylic acids is 2. The van der Waals surface area contributed by atoms with Gasteiger partial charge >= 0.3 is 0 Å². The summed E-state index contributed by atoms with van der Waals surface area (Å²) in [5.74, 6) is 0.567. The summed E-state index contributed by atoms with van der Waals surface area (Å²) < 4.78 is 0. The number of pyridine rings is 1. The molecule has 0 unspecified atom stereocenters. The van der Waals surface area contributed by atoms with E-state index in [1.54, 1.807) is 6.20 Å². The van der Waals surface area contributed by atoms with Gasteiger partial charge in [-0.25, -0.2) is 0 Å². The summed E-state index contributed by atoms with van der Waals surface area (Å²) >= 11 is 0. The zero-order valence-electron chi connectivity index (χ0n) is 16.1. The van der Waals surface area contributed by atoms with Gasteiger partial charge in [-0.3, -0.25) is 14.6 Å². The molecule has 1 spiro atoms. The first-order valence-electron chi connectivity index (χ1n) is 10.3. The lowest BCUT2D eigenvalue weighted by Gasteiger charge is -2.48. The van der Waals surface area contributed by atoms with Gasteiger partial charge in [0.15, 0.2) is 0 Å². The van der Waals surface area contributed by atoms with E-state index >= 15 is 0 Å². The van der Waals surface area contributed by atoms with Crippen LogP contribution in [0.4, 0.5) is 0 Å². The molecule has 6 heteroatoms. The summed E-state index contributed by atoms with van der Waals surface area (Å²) in [6.45, 7) is 6.33. The fourth-order valence-electron chi connectivity index (χ4n) is 4.97. The fourth-order valence-corrected chi connectivity index (χ4v) is 4.97. The highest BCUT2D eigenvalue weighted by molar-refractivity contribution is 5.78. The Hall–Kier alpha value is -1.95. The van der Waals surface area contributed by atoms with E-state index in [4.69, 9.17) is 0 Å². The Balaban J connectivity index is 1.36. The molecule has 1 aromatic rings. The van der Waals surface area contributed by atoms with Gasteiger partial charge in [0.25, 0.3) is 0 Å². The Morgan fingerprint density at radius 1 is 0.926 bits per heavy atom. The summed E-state index contributed by atoms with van der Waals surface area (Å²) in [5, 5.41) is 0. The molecule has 3 saturated heterocycles. The first-order valence-corrected chi connectivity index (χ1v) is 10.3. The third kappa shape index (κ3) is 4.32. The molecule has 146 valence electrons. The molecule has 0 aromatic carbocycles. The van der Waals surface area contributed by atoms with Crippen LogP contribution in [0.3, 0.4) is 0 Å². The van der Waals surface area contributed by atoms with Gasteiger partial charge < -0.3 is 14.7 Å². The molecule has 0 bridgehead atoms. The van der Waals surface area contributed by atoms with Gasteiger partial charge in [-0.1, -0.05) is 6.07 Å². The first kappa shape index (κ1) is 18.4. The number of likely N-dealkylation sites (tertiary alicyclic amines) is 3. The van der Waals surface area contributed by atoms with Crippen molar-refractivity contribution in [2.75, 3.05) is 39.3 Å². The lowest BCUT2D eigenvalue weighted by Crippen LogP contribution is -2.54. The Morgan fingerprint density at radius 3 is 2.59 bits per heavy atom. The lowest BCUT2D eigenvalue weighted by atomic mass is 9.73. The summed E-state index contributed by atoms with van der Waals surface area (Å²) in [7, 11) is 0. The second kappa shape index (κ2) is 7.97. The highest BCUT2D eigenvalue weighted by Gasteiger charge is 2.41. The zero-order valence-corrected chi connectivity index (χ0v) is 16.1. The van der Waals surface area contributed by atoms with Crippen LogP contribution in [-0.2, 0) is 16.1 Å². The molecule has 3 aliphatic rings. The average molecular weight is 370 g/mol. The summed E-state index contributed by atoms with van der Waals surface area (Å²) in [5.41, 5.74) is 1.17. The van der Waals surface area contributed by atoms with E-state index in [0.717, 1.165) is 57.8 Å². The summed E-state index contributed by atoms with van der Waals surface area (Å²) in [6.07, 6.45) is 7.52. The van der Waals surface area contributed by atoms with E-state index < -0.39 is 0 Å². The second-order valence-corrected chi connectivity index (χ2v) is 8.43. The minimum Gasteiger partial charge on any atom is -0.341 e. The third-order valence-electron chi connectivity index (χ3n) is 6.43. The number of carbonyl (C=O) groups is 2. The molecule has 4 rings (SSSR count). The molecule has 2 amide bonds. The van der Waals surface area contributed by atoms with Gasteiger partial charge in [0, 0.05) is 57.2 Å². The number of nitrogens with zero attached hydrogens (tertiary/aromatic N) is 4. The van der Waals surface area contributed by atoms with Crippen LogP contribution >= 0.6 is 0 Å². The van der Waals surface area contributed by atoms with Crippen molar-refractivity contribution >= 4 is 11.8 Å². The lowest BCUT2D eigenvalue weighted by molar-refractivity contribution is -0.140. The first-order chi connectivity index (χ1) is 13.1. The van der Waals surface area contributed by atoms with Crippen LogP contribution in [-0.4, -0.2) is 70.8 Å². The quantitative estimate of drug-likeness (QED) is 0.794. The van der Waals surface area contributed by atoms with Crippen LogP contribution in [0.25, 0.3) is 0 Å². The van der Waals surface area contributed by atoms with E-state index in [1.807, 2.05) is 28.0 Å². The normalized spacial score (nSPS) is 27.0. The Labute approximate surface area is 161 Å². The monoisotopic (exact) mass is 370 g/mol. The Morgan fingerprint density at radius 2 is 1.81 bits per heavy atom. The average Bonchev–Trinajstić information content (AvgIpc) is 3.09. The van der Waals surface area contributed by atoms with Gasteiger partial charge in [0.05, 0.1) is 12.2 Å². The molecule has 0 N–H and O–H groups in total. The summed E-state index contributed by atoms with van der Waals surface area (Å²) in [6, 6.07) is 5.89. The van der Waals surface area contributed by atoms with Gasteiger partial charge in [-0.15, -0.1) is 0 Å². The van der Waals surface area contributed by atoms with Crippen molar-refractivity contribution in [2.45, 2.75) is 45.1 Å². The van der Waals surface area contributed by atoms with Gasteiger partial charge in [0.2, 0.25) is 11.8 Å². The maximum atomic E-state index is 12.5. The smallest absolute Gasteiger partial charge is 0.222 e. The molecule has 0 radical (unpaired) electrons. The molecular weight excluding hydrogens is 340 g/mol. The molecule has 3 fully saturated rings. The number of aromatic nitrogens is 1. The second-order valence-electron chi connectivity index (χ2n) is 8.43. The van der Waals surface area contributed by atoms with E-state index in [1.165, 1.54) is 12.8 Å². The van der Waals surface area contributed by atoms with Gasteiger partial charge in [-0.2, -0.15) is 0 Å². The minimum absolute atomic E-state index is 0.204. The molecule has 27 heavy (non-hydrogen) atoms. The van der Waals surface area contributed by atoms with Crippen LogP contribution in [0.1, 0.15) is 44.2 Å². The van der Waals surface area contributed by atoms with Crippen molar-refractivity contribution < 1.29 is 9.59 Å². The SMILES string of the molecule is O=C1CCCN1CCN1CCC[C@@]2(CCC(=O)N(Cc3ccccn3)C2)C1. The molecular formula is C21H30N4O2. The highest BCUT2D eigenvalue weighted by Crippen LogP contribution is 2.39. The van der Waals surface area contributed by atoms with Gasteiger partial charge in [-0.05, 0) is 44.4 Å². The number of piperidine rings is 2. The molecule has 0 aliphatic carbocycles. The predicted molar refractivity (Wildman–Crippen MR) is 103 cm³/mol. The standard InChI is InChI=1S/C21H30N4O2/c26-19-6-3-12-24(19)14-13-23-11-4-8-21(16-23)9-7-20(27)25(17-21)15-18-5-1-2-10-22-18/h1-2,5,10H,3-4,6-9,11-17H2/t21-/m1/s1. The number of hydrogen-bond donors (Lipinski definition) is 0. The third-order valence-corrected chi connectivity index (χ3v) is 6.43. The van der Waals surface area contributed by atoms with E-state index in [0.29, 0.717) is 25.3 Å². The molecule has 6 nitrogen and oxygen atoms in total. The van der Waals surface area contributed by atoms with Crippen molar-refractivity contribution in [3.63, 3.8) is 0 Å². The largest absolute Gasteiger partial charge is 0.341 e. The molecule has 0 saturated carbocycles. The Kier molecular flexibility index (Phi) is 5.43. The van der Waals surface area contributed by atoms with Crippen molar-refractivity contribution in [1.82, 2.24) is 19.7 Å². The van der Waals surface area contributed by atoms with Crippen molar-refractivity contribution in [3.05, 3.63) is 30.1 Å². The van der Waals surface area contributed by atoms with Gasteiger partial charge in [0.1, 0.15) is 0 Å². The molecule has 3 aliphatic heterocycles. The highest BCUT2D eigenvalue weighted by atomic mass is 16.2. The van der Waals surface area contributed by atoms with Crippen molar-refractivity contribution in [3.8, 4) is 0 Å². The Bertz CT molecular complexity index is 680. The van der Waals surface area contributed by atoms with Crippen LogP contribution in [0.5, 0.6) is 0 Å².